The molecule has 0 fully saturated rings. The Morgan fingerprint density at radius 2 is 1.94 bits per heavy atom. The van der Waals surface area contributed by atoms with Crippen LogP contribution in [-0.2, 0) is 12.8 Å². The molecular formula is C14H16ClN3. The minimum absolute atomic E-state index is 0.174. The van der Waals surface area contributed by atoms with Gasteiger partial charge in [0.05, 0.1) is 0 Å². The molecule has 0 amide bonds. The molecule has 0 spiro atoms. The summed E-state index contributed by atoms with van der Waals surface area (Å²) in [7, 11) is 0. The minimum Gasteiger partial charge on any atom is -0.271 e. The lowest BCUT2D eigenvalue weighted by Crippen LogP contribution is -2.38. The highest BCUT2D eigenvalue weighted by Crippen LogP contribution is 2.13. The van der Waals surface area contributed by atoms with Crippen molar-refractivity contribution in [3.63, 3.8) is 0 Å². The number of hydrogen-bond acceptors (Lipinski definition) is 3. The molecule has 0 aliphatic rings. The number of aromatic nitrogens is 1. The Labute approximate surface area is 112 Å². The van der Waals surface area contributed by atoms with Crippen LogP contribution >= 0.6 is 11.6 Å². The Morgan fingerprint density at radius 3 is 2.61 bits per heavy atom. The topological polar surface area (TPSA) is 50.9 Å². The van der Waals surface area contributed by atoms with E-state index in [9.17, 15) is 0 Å². The Kier molecular flexibility index (Phi) is 4.70. The van der Waals surface area contributed by atoms with Crippen molar-refractivity contribution in [1.29, 1.82) is 0 Å². The van der Waals surface area contributed by atoms with Gasteiger partial charge < -0.3 is 0 Å². The first-order valence-electron chi connectivity index (χ1n) is 5.87. The van der Waals surface area contributed by atoms with Gasteiger partial charge in [0, 0.05) is 23.5 Å². The van der Waals surface area contributed by atoms with E-state index in [-0.39, 0.29) is 6.04 Å². The zero-order valence-corrected chi connectivity index (χ0v) is 10.8. The third-order valence-electron chi connectivity index (χ3n) is 2.81. The molecule has 0 aliphatic heterocycles. The number of nitrogens with one attached hydrogen (secondary N) is 1. The Hall–Kier alpha value is -1.42. The number of nitrogens with two attached hydrogens (primary N) is 1. The standard InChI is InChI=1S/C14H16ClN3/c15-13-5-1-3-11(7-13)8-14(18-16)9-12-4-2-6-17-10-12/h1-7,10,14,18H,8-9,16H2. The van der Waals surface area contributed by atoms with Gasteiger partial charge in [-0.1, -0.05) is 29.8 Å². The first kappa shape index (κ1) is 13.0. The zero-order valence-electron chi connectivity index (χ0n) is 10.0. The van der Waals surface area contributed by atoms with Crippen LogP contribution in [0, 0.1) is 0 Å². The normalized spacial score (nSPS) is 12.3. The van der Waals surface area contributed by atoms with E-state index in [0.29, 0.717) is 0 Å². The highest BCUT2D eigenvalue weighted by atomic mass is 35.5. The fraction of sp³-hybridized carbons (Fsp3) is 0.214. The molecule has 0 bridgehead atoms. The van der Waals surface area contributed by atoms with Crippen LogP contribution in [0.25, 0.3) is 0 Å². The van der Waals surface area contributed by atoms with E-state index in [1.165, 1.54) is 11.1 Å². The van der Waals surface area contributed by atoms with Crippen molar-refractivity contribution < 1.29 is 0 Å². The molecule has 4 heteroatoms. The van der Waals surface area contributed by atoms with Crippen LogP contribution in [0.1, 0.15) is 11.1 Å². The average Bonchev–Trinajstić information content (AvgIpc) is 2.39. The van der Waals surface area contributed by atoms with E-state index in [4.69, 9.17) is 17.4 Å². The second-order valence-corrected chi connectivity index (χ2v) is 4.70. The number of rotatable bonds is 5. The number of hydrazine groups is 1. The third kappa shape index (κ3) is 3.81. The van der Waals surface area contributed by atoms with E-state index in [1.807, 2.05) is 30.5 Å². The second kappa shape index (κ2) is 6.50. The summed E-state index contributed by atoms with van der Waals surface area (Å²) in [6.07, 6.45) is 5.32. The van der Waals surface area contributed by atoms with Gasteiger partial charge in [-0.05, 0) is 42.2 Å². The Balaban J connectivity index is 2.01. The minimum atomic E-state index is 0.174. The first-order chi connectivity index (χ1) is 8.78. The van der Waals surface area contributed by atoms with Crippen LogP contribution in [0.3, 0.4) is 0 Å². The van der Waals surface area contributed by atoms with Gasteiger partial charge in [-0.2, -0.15) is 0 Å². The van der Waals surface area contributed by atoms with Crippen LogP contribution in [0.5, 0.6) is 0 Å². The largest absolute Gasteiger partial charge is 0.271 e. The van der Waals surface area contributed by atoms with Crippen molar-refractivity contribution in [2.75, 3.05) is 0 Å². The Morgan fingerprint density at radius 1 is 1.17 bits per heavy atom. The Bertz CT molecular complexity index is 487. The van der Waals surface area contributed by atoms with Crippen LogP contribution in [0.4, 0.5) is 0 Å². The van der Waals surface area contributed by atoms with Crippen molar-refractivity contribution in [1.82, 2.24) is 10.4 Å². The van der Waals surface area contributed by atoms with Gasteiger partial charge in [-0.25, -0.2) is 0 Å². The number of halogens is 1. The first-order valence-corrected chi connectivity index (χ1v) is 6.25. The molecule has 1 heterocycles. The molecule has 2 rings (SSSR count). The van der Waals surface area contributed by atoms with Crippen LogP contribution in [0.2, 0.25) is 5.02 Å². The van der Waals surface area contributed by atoms with Gasteiger partial charge in [0.1, 0.15) is 0 Å². The maximum atomic E-state index is 5.97. The van der Waals surface area contributed by atoms with Crippen molar-refractivity contribution in [3.8, 4) is 0 Å². The quantitative estimate of drug-likeness (QED) is 0.642. The number of benzene rings is 1. The summed E-state index contributed by atoms with van der Waals surface area (Å²) in [5.74, 6) is 5.60. The highest BCUT2D eigenvalue weighted by Gasteiger charge is 2.09. The number of hydrogen-bond donors (Lipinski definition) is 2. The lowest BCUT2D eigenvalue weighted by molar-refractivity contribution is 0.522. The molecule has 18 heavy (non-hydrogen) atoms. The fourth-order valence-corrected chi connectivity index (χ4v) is 2.15. The monoisotopic (exact) mass is 261 g/mol. The van der Waals surface area contributed by atoms with Crippen molar-refractivity contribution in [2.24, 2.45) is 5.84 Å². The van der Waals surface area contributed by atoms with E-state index < -0.39 is 0 Å². The number of pyridine rings is 1. The van der Waals surface area contributed by atoms with E-state index >= 15 is 0 Å². The molecular weight excluding hydrogens is 246 g/mol. The van der Waals surface area contributed by atoms with Gasteiger partial charge in [0.25, 0.3) is 0 Å². The van der Waals surface area contributed by atoms with Crippen LogP contribution in [0.15, 0.2) is 48.8 Å². The van der Waals surface area contributed by atoms with E-state index in [0.717, 1.165) is 17.9 Å². The summed E-state index contributed by atoms with van der Waals surface area (Å²) in [4.78, 5) is 4.10. The zero-order chi connectivity index (χ0) is 12.8. The summed E-state index contributed by atoms with van der Waals surface area (Å²) in [5.41, 5.74) is 5.19. The molecule has 1 unspecified atom stereocenters. The predicted molar refractivity (Wildman–Crippen MR) is 74.2 cm³/mol. The molecule has 2 aromatic rings. The SMILES string of the molecule is NNC(Cc1cccnc1)Cc1cccc(Cl)c1. The molecule has 3 nitrogen and oxygen atoms in total. The highest BCUT2D eigenvalue weighted by molar-refractivity contribution is 6.30. The molecule has 0 radical (unpaired) electrons. The van der Waals surface area contributed by atoms with Crippen LogP contribution in [-0.4, -0.2) is 11.0 Å². The maximum absolute atomic E-state index is 5.97. The summed E-state index contributed by atoms with van der Waals surface area (Å²) in [6, 6.07) is 12.0. The second-order valence-electron chi connectivity index (χ2n) is 4.26. The van der Waals surface area contributed by atoms with Gasteiger partial charge in [-0.15, -0.1) is 0 Å². The lowest BCUT2D eigenvalue weighted by atomic mass is 10.0. The summed E-state index contributed by atoms with van der Waals surface area (Å²) >= 11 is 5.97. The molecule has 3 N–H and O–H groups in total. The van der Waals surface area contributed by atoms with Crippen molar-refractivity contribution in [2.45, 2.75) is 18.9 Å². The summed E-state index contributed by atoms with van der Waals surface area (Å²) in [5, 5.41) is 0.754. The predicted octanol–water partition coefficient (Wildman–Crippen LogP) is 2.35. The van der Waals surface area contributed by atoms with Gasteiger partial charge in [0.2, 0.25) is 0 Å². The maximum Gasteiger partial charge on any atom is 0.0408 e. The van der Waals surface area contributed by atoms with E-state index in [1.54, 1.807) is 6.20 Å². The summed E-state index contributed by atoms with van der Waals surface area (Å²) in [6.45, 7) is 0. The molecule has 1 aromatic carbocycles. The van der Waals surface area contributed by atoms with Crippen LogP contribution < -0.4 is 11.3 Å². The number of nitrogens with zero attached hydrogens (tertiary/aromatic N) is 1. The summed E-state index contributed by atoms with van der Waals surface area (Å²) < 4.78 is 0. The van der Waals surface area contributed by atoms with Gasteiger partial charge >= 0.3 is 0 Å². The molecule has 1 atom stereocenters. The average molecular weight is 262 g/mol. The lowest BCUT2D eigenvalue weighted by Gasteiger charge is -2.16. The smallest absolute Gasteiger partial charge is 0.0408 e. The molecule has 0 aliphatic carbocycles. The molecule has 0 saturated heterocycles. The van der Waals surface area contributed by atoms with E-state index in [2.05, 4.69) is 22.5 Å². The molecule has 0 saturated carbocycles. The van der Waals surface area contributed by atoms with Gasteiger partial charge in [-0.3, -0.25) is 16.3 Å². The molecule has 1 aromatic heterocycles. The fourth-order valence-electron chi connectivity index (χ4n) is 1.94. The molecule has 94 valence electrons. The van der Waals surface area contributed by atoms with Gasteiger partial charge in [0.15, 0.2) is 0 Å². The van der Waals surface area contributed by atoms with Crippen molar-refractivity contribution >= 4 is 11.6 Å². The van der Waals surface area contributed by atoms with Crippen molar-refractivity contribution in [3.05, 3.63) is 64.9 Å². The third-order valence-corrected chi connectivity index (χ3v) is 3.05.